The van der Waals surface area contributed by atoms with Gasteiger partial charge in [-0.15, -0.1) is 24.8 Å². The van der Waals surface area contributed by atoms with E-state index < -0.39 is 17.9 Å². The molecule has 0 saturated heterocycles. The molecule has 0 radical (unpaired) electrons. The maximum Gasteiger partial charge on any atom is -0.147 e. The molecular formula is C30H33Cl2SiZr. The molecule has 0 aliphatic heterocycles. The Kier molecular flexibility index (Phi) is 6.48. The van der Waals surface area contributed by atoms with Gasteiger partial charge >= 0.3 is 196 Å². The number of hydrogen-bond acceptors (Lipinski definition) is 0. The van der Waals surface area contributed by atoms with Crippen molar-refractivity contribution >= 4 is 65.9 Å². The molecule has 0 saturated carbocycles. The minimum Gasteiger partial charge on any atom is -0.147 e. The minimum absolute atomic E-state index is 0. The minimum atomic E-state index is -3.36. The van der Waals surface area contributed by atoms with E-state index >= 15 is 0 Å². The van der Waals surface area contributed by atoms with Crippen molar-refractivity contribution in [2.75, 3.05) is 0 Å². The van der Waals surface area contributed by atoms with Crippen LogP contribution in [0.1, 0.15) is 43.4 Å². The Labute approximate surface area is 218 Å². The molecule has 4 aromatic rings. The average molecular weight is 584 g/mol. The van der Waals surface area contributed by atoms with Gasteiger partial charge in [-0.3, -0.25) is 0 Å². The summed E-state index contributed by atoms with van der Waals surface area (Å²) in [5.41, 5.74) is 9.39. The van der Waals surface area contributed by atoms with Gasteiger partial charge in [0, 0.05) is 0 Å². The molecule has 4 aromatic carbocycles. The Morgan fingerprint density at radius 1 is 0.588 bits per heavy atom. The average Bonchev–Trinajstić information content (AvgIpc) is 3.30. The Morgan fingerprint density at radius 3 is 1.38 bits per heavy atom. The quantitative estimate of drug-likeness (QED) is 0.208. The first-order chi connectivity index (χ1) is 15.2. The first-order valence-corrected chi connectivity index (χ1v) is 28.0. The second-order valence-corrected chi connectivity index (χ2v) is 49.8. The van der Waals surface area contributed by atoms with Crippen LogP contribution >= 0.6 is 24.8 Å². The number of halogens is 2. The number of allylic oxidation sites excluding steroid dienone is 2. The van der Waals surface area contributed by atoms with Crippen LogP contribution in [-0.4, -0.2) is 7.37 Å². The van der Waals surface area contributed by atoms with E-state index in [9.17, 15) is 0 Å². The van der Waals surface area contributed by atoms with Crippen molar-refractivity contribution in [3.8, 4) is 0 Å². The Hall–Kier alpha value is -1.44. The fraction of sp³-hybridized carbons (Fsp3) is 0.200. The third-order valence-electron chi connectivity index (χ3n) is 8.33. The molecule has 34 heavy (non-hydrogen) atoms. The van der Waals surface area contributed by atoms with Crippen molar-refractivity contribution < 1.29 is 17.9 Å². The van der Waals surface area contributed by atoms with Gasteiger partial charge in [0.2, 0.25) is 0 Å². The molecule has 2 unspecified atom stereocenters. The van der Waals surface area contributed by atoms with E-state index in [1.54, 1.807) is 22.3 Å². The summed E-state index contributed by atoms with van der Waals surface area (Å²) < 4.78 is 6.79. The molecule has 2 atom stereocenters. The molecule has 2 aliphatic carbocycles. The fourth-order valence-electron chi connectivity index (χ4n) is 7.46. The van der Waals surface area contributed by atoms with E-state index in [4.69, 9.17) is 0 Å². The van der Waals surface area contributed by atoms with Gasteiger partial charge in [0.1, 0.15) is 0 Å². The normalized spacial score (nSPS) is 19.9. The first kappa shape index (κ1) is 25.6. The van der Waals surface area contributed by atoms with Crippen LogP contribution in [0.25, 0.3) is 33.7 Å². The van der Waals surface area contributed by atoms with Crippen molar-refractivity contribution in [3.05, 3.63) is 106 Å². The second-order valence-electron chi connectivity index (χ2n) is 11.6. The summed E-state index contributed by atoms with van der Waals surface area (Å²) in [5.74, 6) is 0. The van der Waals surface area contributed by atoms with Gasteiger partial charge in [-0.2, -0.15) is 0 Å². The summed E-state index contributed by atoms with van der Waals surface area (Å²) in [5, 5.41) is 5.72. The predicted molar refractivity (Wildman–Crippen MR) is 157 cm³/mol. The third kappa shape index (κ3) is 3.56. The van der Waals surface area contributed by atoms with Crippen molar-refractivity contribution in [3.63, 3.8) is 0 Å². The zero-order valence-electron chi connectivity index (χ0n) is 20.6. The van der Waals surface area contributed by atoms with E-state index in [-0.39, 0.29) is 24.8 Å². The van der Waals surface area contributed by atoms with Crippen LogP contribution in [0.2, 0.25) is 9.26 Å². The van der Waals surface area contributed by atoms with E-state index in [0.717, 1.165) is 0 Å². The van der Waals surface area contributed by atoms with Crippen molar-refractivity contribution in [2.24, 2.45) is 0 Å². The van der Waals surface area contributed by atoms with E-state index in [2.05, 4.69) is 108 Å². The Morgan fingerprint density at radius 2 is 0.971 bits per heavy atom. The van der Waals surface area contributed by atoms with Gasteiger partial charge in [-0.25, -0.2) is 0 Å². The third-order valence-corrected chi connectivity index (χ3v) is 29.0. The van der Waals surface area contributed by atoms with E-state index in [1.165, 1.54) is 40.0 Å². The van der Waals surface area contributed by atoms with Crippen LogP contribution < -0.4 is 0 Å². The molecule has 2 aliphatic rings. The molecule has 0 spiro atoms. The van der Waals surface area contributed by atoms with Crippen LogP contribution in [0.15, 0.2) is 83.9 Å². The van der Waals surface area contributed by atoms with Crippen molar-refractivity contribution in [1.29, 1.82) is 0 Å². The van der Waals surface area contributed by atoms with Crippen molar-refractivity contribution in [2.45, 2.75) is 30.4 Å². The topological polar surface area (TPSA) is 0 Å². The first-order valence-electron chi connectivity index (χ1n) is 11.9. The summed E-state index contributed by atoms with van der Waals surface area (Å²) in [7, 11) is 1.29. The molecule has 0 bridgehead atoms. The molecule has 4 heteroatoms. The zero-order chi connectivity index (χ0) is 22.3. The largest absolute Gasteiger partial charge is 0.147 e. The fourth-order valence-corrected chi connectivity index (χ4v) is 32.2. The van der Waals surface area contributed by atoms with Gasteiger partial charge in [-0.1, -0.05) is 0 Å². The van der Waals surface area contributed by atoms with Gasteiger partial charge in [-0.05, 0) is 0 Å². The summed E-state index contributed by atoms with van der Waals surface area (Å²) in [6.45, 7) is 4.82. The number of rotatable bonds is 2. The molecule has 0 aromatic heterocycles. The SMILES string of the molecule is CC1=Cc2ccc3ccccc3c2[CH]1[Zr]([CH3])([CH3])([SiH3])[CH]1C(C)=Cc2ccc3ccccc3c21.Cl.Cl. The van der Waals surface area contributed by atoms with Gasteiger partial charge < -0.3 is 0 Å². The second kappa shape index (κ2) is 8.59. The number of hydrogen-bond donors (Lipinski definition) is 0. The van der Waals surface area contributed by atoms with E-state index in [1.807, 2.05) is 0 Å². The summed E-state index contributed by atoms with van der Waals surface area (Å²) >= 11 is -3.36. The summed E-state index contributed by atoms with van der Waals surface area (Å²) in [4.78, 5) is 0. The summed E-state index contributed by atoms with van der Waals surface area (Å²) in [6, 6.07) is 27.5. The maximum absolute atomic E-state index is 3.36. The molecule has 0 nitrogen and oxygen atoms in total. The smallest absolute Gasteiger partial charge is 0.147 e. The van der Waals surface area contributed by atoms with Gasteiger partial charge in [0.25, 0.3) is 0 Å². The van der Waals surface area contributed by atoms with Crippen LogP contribution in [-0.2, 0) is 17.9 Å². The zero-order valence-corrected chi connectivity index (χ0v) is 26.6. The molecule has 0 N–H and O–H groups in total. The van der Waals surface area contributed by atoms with Gasteiger partial charge in [0.15, 0.2) is 0 Å². The molecule has 0 fully saturated rings. The molecule has 175 valence electrons. The monoisotopic (exact) mass is 581 g/mol. The number of benzene rings is 4. The Balaban J connectivity index is 0.00000137. The van der Waals surface area contributed by atoms with Crippen LogP contribution in [0.4, 0.5) is 0 Å². The van der Waals surface area contributed by atoms with Crippen LogP contribution in [0.3, 0.4) is 0 Å². The summed E-state index contributed by atoms with van der Waals surface area (Å²) in [6.07, 6.45) is 5.01. The molecular weight excluding hydrogens is 551 g/mol. The van der Waals surface area contributed by atoms with Crippen molar-refractivity contribution in [1.82, 2.24) is 0 Å². The molecule has 6 rings (SSSR count). The number of fused-ring (bicyclic) bond motifs is 6. The molecule has 0 heterocycles. The molecule has 0 amide bonds. The van der Waals surface area contributed by atoms with Crippen LogP contribution in [0.5, 0.6) is 0 Å². The van der Waals surface area contributed by atoms with E-state index in [0.29, 0.717) is 7.25 Å². The Bertz CT molecular complexity index is 1400. The standard InChI is InChI=1S/2C14H11.2CH3.2ClH.H3Si.Zr/c2*1-10-8-12-7-6-11-4-2-3-5-13(11)14(12)9-10;;;;;;/h2*2-9H,1H3;2*1H3;2*1H;1H3;. The van der Waals surface area contributed by atoms with Crippen LogP contribution in [0, 0.1) is 0 Å². The predicted octanol–water partition coefficient (Wildman–Crippen LogP) is 8.52. The maximum atomic E-state index is 2.78. The van der Waals surface area contributed by atoms with Gasteiger partial charge in [0.05, 0.1) is 0 Å².